The van der Waals surface area contributed by atoms with Gasteiger partial charge in [-0.15, -0.1) is 6.58 Å². The summed E-state index contributed by atoms with van der Waals surface area (Å²) in [6, 6.07) is 10.5. The van der Waals surface area contributed by atoms with Gasteiger partial charge < -0.3 is 4.57 Å². The van der Waals surface area contributed by atoms with Gasteiger partial charge in [0.15, 0.2) is 5.78 Å². The lowest BCUT2D eigenvalue weighted by molar-refractivity contribution is 0.0903. The molecule has 1 aromatic heterocycles. The highest BCUT2D eigenvalue weighted by Crippen LogP contribution is 2.32. The molecule has 2 heteroatoms. The normalized spacial score (nSPS) is 17.6. The van der Waals surface area contributed by atoms with Crippen LogP contribution in [0.15, 0.2) is 43.0 Å². The lowest BCUT2D eigenvalue weighted by Gasteiger charge is -2.22. The highest BCUT2D eigenvalue weighted by atomic mass is 16.1. The summed E-state index contributed by atoms with van der Waals surface area (Å²) in [5, 5.41) is 0. The van der Waals surface area contributed by atoms with Gasteiger partial charge in [-0.1, -0.05) is 23.8 Å². The van der Waals surface area contributed by atoms with E-state index in [1.165, 1.54) is 11.3 Å². The molecular weight excluding hydrogens is 258 g/mol. The first-order chi connectivity index (χ1) is 10.1. The highest BCUT2D eigenvalue weighted by molar-refractivity contribution is 6.00. The number of Topliss-reactive ketones (excluding diaryl/α,β-unsaturated/α-hetero) is 1. The number of hydrogen-bond donors (Lipinski definition) is 0. The van der Waals surface area contributed by atoms with Crippen LogP contribution in [0.1, 0.15) is 40.2 Å². The van der Waals surface area contributed by atoms with E-state index in [1.807, 2.05) is 12.1 Å². The number of aryl methyl sites for hydroxylation is 2. The summed E-state index contributed by atoms with van der Waals surface area (Å²) in [5.74, 6) is 0.397. The molecule has 1 aliphatic carbocycles. The molecule has 0 radical (unpaired) electrons. The van der Waals surface area contributed by atoms with Gasteiger partial charge in [0.2, 0.25) is 0 Å². The summed E-state index contributed by atoms with van der Waals surface area (Å²) < 4.78 is 2.23. The Morgan fingerprint density at radius 1 is 1.29 bits per heavy atom. The molecule has 1 aromatic carbocycles. The largest absolute Gasteiger partial charge is 0.317 e. The van der Waals surface area contributed by atoms with Crippen molar-refractivity contribution in [3.8, 4) is 5.69 Å². The molecular formula is C19H21NO. The van der Waals surface area contributed by atoms with Crippen molar-refractivity contribution in [2.75, 3.05) is 0 Å². The number of hydrogen-bond acceptors (Lipinski definition) is 1. The molecule has 1 heterocycles. The average Bonchev–Trinajstić information content (AvgIpc) is 2.80. The second kappa shape index (κ2) is 5.36. The van der Waals surface area contributed by atoms with Crippen LogP contribution in [0, 0.1) is 19.8 Å². The number of benzene rings is 1. The van der Waals surface area contributed by atoms with Crippen LogP contribution in [0.3, 0.4) is 0 Å². The van der Waals surface area contributed by atoms with Crippen molar-refractivity contribution in [3.05, 3.63) is 65.5 Å². The molecule has 3 rings (SSSR count). The van der Waals surface area contributed by atoms with Crippen molar-refractivity contribution in [3.63, 3.8) is 0 Å². The minimum atomic E-state index is 0.114. The Labute approximate surface area is 126 Å². The number of carbonyl (C=O) groups excluding carboxylic acids is 1. The zero-order chi connectivity index (χ0) is 15.0. The monoisotopic (exact) mass is 279 g/mol. The van der Waals surface area contributed by atoms with Crippen molar-refractivity contribution in [1.82, 2.24) is 4.57 Å². The zero-order valence-electron chi connectivity index (χ0n) is 12.7. The Morgan fingerprint density at radius 2 is 2.00 bits per heavy atom. The Balaban J connectivity index is 2.06. The second-order valence-electron chi connectivity index (χ2n) is 5.94. The van der Waals surface area contributed by atoms with E-state index in [0.29, 0.717) is 0 Å². The maximum absolute atomic E-state index is 12.6. The molecule has 0 amide bonds. The molecule has 2 aromatic rings. The standard InChI is InChI=1S/C19H21NO/c1-4-5-15-8-11-18-17(19(15)21)12-14(3)20(18)16-9-6-13(2)7-10-16/h4,6-7,9-10,12,15H,1,5,8,11H2,2-3H3. The molecule has 0 bridgehead atoms. The minimum absolute atomic E-state index is 0.114. The molecule has 0 saturated carbocycles. The molecule has 0 fully saturated rings. The number of ketones is 1. The van der Waals surface area contributed by atoms with Crippen LogP contribution in [0.4, 0.5) is 0 Å². The van der Waals surface area contributed by atoms with E-state index in [1.54, 1.807) is 0 Å². The number of rotatable bonds is 3. The summed E-state index contributed by atoms with van der Waals surface area (Å²) in [5.41, 5.74) is 5.61. The molecule has 1 atom stereocenters. The molecule has 21 heavy (non-hydrogen) atoms. The van der Waals surface area contributed by atoms with Crippen LogP contribution in [0.25, 0.3) is 5.69 Å². The molecule has 0 saturated heterocycles. The summed E-state index contributed by atoms with van der Waals surface area (Å²) in [6.07, 6.45) is 4.53. The predicted octanol–water partition coefficient (Wildman–Crippen LogP) is 4.42. The fraction of sp³-hybridized carbons (Fsp3) is 0.316. The van der Waals surface area contributed by atoms with E-state index in [9.17, 15) is 4.79 Å². The van der Waals surface area contributed by atoms with E-state index in [0.717, 1.165) is 36.2 Å². The van der Waals surface area contributed by atoms with Gasteiger partial charge in [-0.2, -0.15) is 0 Å². The number of aromatic nitrogens is 1. The van der Waals surface area contributed by atoms with Crippen molar-refractivity contribution in [2.24, 2.45) is 5.92 Å². The fourth-order valence-corrected chi connectivity index (χ4v) is 3.29. The predicted molar refractivity (Wildman–Crippen MR) is 86.2 cm³/mol. The van der Waals surface area contributed by atoms with Gasteiger partial charge >= 0.3 is 0 Å². The third-order valence-corrected chi connectivity index (χ3v) is 4.40. The van der Waals surface area contributed by atoms with Gasteiger partial charge in [0.05, 0.1) is 0 Å². The molecule has 1 aliphatic rings. The van der Waals surface area contributed by atoms with Crippen molar-refractivity contribution in [1.29, 1.82) is 0 Å². The first kappa shape index (κ1) is 13.9. The number of carbonyl (C=O) groups is 1. The van der Waals surface area contributed by atoms with E-state index >= 15 is 0 Å². The quantitative estimate of drug-likeness (QED) is 0.762. The third-order valence-electron chi connectivity index (χ3n) is 4.40. The van der Waals surface area contributed by atoms with Crippen LogP contribution < -0.4 is 0 Å². The van der Waals surface area contributed by atoms with Gasteiger partial charge in [-0.25, -0.2) is 0 Å². The van der Waals surface area contributed by atoms with E-state index in [2.05, 4.69) is 49.3 Å². The van der Waals surface area contributed by atoms with Gasteiger partial charge in [-0.05, 0) is 51.3 Å². The fourth-order valence-electron chi connectivity index (χ4n) is 3.29. The summed E-state index contributed by atoms with van der Waals surface area (Å²) in [6.45, 7) is 7.93. The third kappa shape index (κ3) is 2.35. The van der Waals surface area contributed by atoms with Crippen LogP contribution in [-0.4, -0.2) is 10.4 Å². The van der Waals surface area contributed by atoms with Crippen LogP contribution in [0.2, 0.25) is 0 Å². The van der Waals surface area contributed by atoms with Crippen LogP contribution in [0.5, 0.6) is 0 Å². The summed E-state index contributed by atoms with van der Waals surface area (Å²) in [7, 11) is 0. The molecule has 1 unspecified atom stereocenters. The maximum atomic E-state index is 12.6. The second-order valence-corrected chi connectivity index (χ2v) is 5.94. The van der Waals surface area contributed by atoms with Crippen LogP contribution in [-0.2, 0) is 6.42 Å². The lowest BCUT2D eigenvalue weighted by Crippen LogP contribution is -2.22. The Morgan fingerprint density at radius 3 is 2.67 bits per heavy atom. The van der Waals surface area contributed by atoms with Gasteiger partial charge in [0, 0.05) is 28.6 Å². The first-order valence-electron chi connectivity index (χ1n) is 7.55. The van der Waals surface area contributed by atoms with E-state index in [4.69, 9.17) is 0 Å². The Hall–Kier alpha value is -2.09. The van der Waals surface area contributed by atoms with E-state index < -0.39 is 0 Å². The Kier molecular flexibility index (Phi) is 3.54. The molecule has 0 aliphatic heterocycles. The Bertz CT molecular complexity index is 691. The maximum Gasteiger partial charge on any atom is 0.168 e. The summed E-state index contributed by atoms with van der Waals surface area (Å²) in [4.78, 5) is 12.6. The van der Waals surface area contributed by atoms with Crippen LogP contribution >= 0.6 is 0 Å². The van der Waals surface area contributed by atoms with Crippen molar-refractivity contribution < 1.29 is 4.79 Å². The zero-order valence-corrected chi connectivity index (χ0v) is 12.7. The molecule has 0 N–H and O–H groups in total. The topological polar surface area (TPSA) is 22.0 Å². The SMILES string of the molecule is C=CCC1CCc2c(cc(C)n2-c2ccc(C)cc2)C1=O. The number of allylic oxidation sites excluding steroid dienone is 1. The highest BCUT2D eigenvalue weighted by Gasteiger charge is 2.30. The van der Waals surface area contributed by atoms with Gasteiger partial charge in [0.1, 0.15) is 0 Å². The van der Waals surface area contributed by atoms with Gasteiger partial charge in [0.25, 0.3) is 0 Å². The average molecular weight is 279 g/mol. The van der Waals surface area contributed by atoms with Gasteiger partial charge in [-0.3, -0.25) is 4.79 Å². The smallest absolute Gasteiger partial charge is 0.168 e. The minimum Gasteiger partial charge on any atom is -0.317 e. The van der Waals surface area contributed by atoms with Crippen molar-refractivity contribution >= 4 is 5.78 Å². The summed E-state index contributed by atoms with van der Waals surface area (Å²) >= 11 is 0. The molecule has 0 spiro atoms. The first-order valence-corrected chi connectivity index (χ1v) is 7.55. The number of nitrogens with zero attached hydrogens (tertiary/aromatic N) is 1. The number of fused-ring (bicyclic) bond motifs is 1. The lowest BCUT2D eigenvalue weighted by atomic mass is 9.84. The van der Waals surface area contributed by atoms with E-state index in [-0.39, 0.29) is 11.7 Å². The van der Waals surface area contributed by atoms with Crippen molar-refractivity contribution in [2.45, 2.75) is 33.1 Å². The molecule has 2 nitrogen and oxygen atoms in total. The molecule has 108 valence electrons.